The van der Waals surface area contributed by atoms with Crippen molar-refractivity contribution in [2.75, 3.05) is 0 Å². The summed E-state index contributed by atoms with van der Waals surface area (Å²) in [6.45, 7) is 6.48. The molecule has 0 fully saturated rings. The summed E-state index contributed by atoms with van der Waals surface area (Å²) in [6.07, 6.45) is 0.331. The van der Waals surface area contributed by atoms with Crippen LogP contribution in [0.5, 0.6) is 0 Å². The lowest BCUT2D eigenvalue weighted by atomic mass is 10.00. The SMILES string of the molecule is CCC(C)(NS(=O)(=O)c1c(C)n[nH]c1C)/C(N)=N/O. The van der Waals surface area contributed by atoms with E-state index in [1.165, 1.54) is 0 Å². The number of hydrogen-bond donors (Lipinski definition) is 4. The Hall–Kier alpha value is -1.61. The summed E-state index contributed by atoms with van der Waals surface area (Å²) in [5, 5.41) is 18.1. The van der Waals surface area contributed by atoms with Crippen molar-refractivity contribution in [1.82, 2.24) is 14.9 Å². The molecule has 1 unspecified atom stereocenters. The lowest BCUT2D eigenvalue weighted by molar-refractivity contribution is 0.310. The number of rotatable bonds is 5. The fraction of sp³-hybridized carbons (Fsp3) is 0.600. The summed E-state index contributed by atoms with van der Waals surface area (Å²) < 4.78 is 27.2. The molecular weight excluding hydrogens is 270 g/mol. The molecular formula is C10H19N5O3S. The van der Waals surface area contributed by atoms with Gasteiger partial charge in [0.2, 0.25) is 10.0 Å². The average molecular weight is 289 g/mol. The van der Waals surface area contributed by atoms with E-state index in [9.17, 15) is 8.42 Å². The van der Waals surface area contributed by atoms with E-state index in [0.717, 1.165) is 0 Å². The maximum atomic E-state index is 12.4. The Bertz CT molecular complexity index is 573. The van der Waals surface area contributed by atoms with E-state index in [4.69, 9.17) is 10.9 Å². The van der Waals surface area contributed by atoms with E-state index in [1.807, 2.05) is 0 Å². The molecule has 19 heavy (non-hydrogen) atoms. The van der Waals surface area contributed by atoms with Gasteiger partial charge in [0.1, 0.15) is 4.90 Å². The Morgan fingerprint density at radius 3 is 2.53 bits per heavy atom. The monoisotopic (exact) mass is 289 g/mol. The number of hydrogen-bond acceptors (Lipinski definition) is 5. The molecule has 0 amide bonds. The standard InChI is InChI=1S/C10H19N5O3S/c1-5-10(4,9(11)14-16)15-19(17,18)8-6(2)12-13-7(8)3/h15-16H,5H2,1-4H3,(H2,11,14)(H,12,13). The van der Waals surface area contributed by atoms with Crippen LogP contribution in [0.15, 0.2) is 10.1 Å². The normalized spacial score (nSPS) is 16.3. The quantitative estimate of drug-likeness (QED) is 0.266. The highest BCUT2D eigenvalue weighted by molar-refractivity contribution is 7.89. The molecule has 9 heteroatoms. The van der Waals surface area contributed by atoms with Crippen LogP contribution in [0.25, 0.3) is 0 Å². The van der Waals surface area contributed by atoms with Crippen molar-refractivity contribution in [2.45, 2.75) is 44.6 Å². The molecule has 108 valence electrons. The number of aromatic nitrogens is 2. The number of oxime groups is 1. The number of nitrogens with two attached hydrogens (primary N) is 1. The van der Waals surface area contributed by atoms with Crippen LogP contribution in [0.3, 0.4) is 0 Å². The van der Waals surface area contributed by atoms with Gasteiger partial charge < -0.3 is 10.9 Å². The van der Waals surface area contributed by atoms with Crippen LogP contribution < -0.4 is 10.5 Å². The van der Waals surface area contributed by atoms with E-state index in [0.29, 0.717) is 17.8 Å². The number of aryl methyl sites for hydroxylation is 2. The Morgan fingerprint density at radius 2 is 2.16 bits per heavy atom. The fourth-order valence-corrected chi connectivity index (χ4v) is 3.53. The molecule has 0 spiro atoms. The number of nitrogens with zero attached hydrogens (tertiary/aromatic N) is 2. The first kappa shape index (κ1) is 15.4. The van der Waals surface area contributed by atoms with Crippen LogP contribution in [0.4, 0.5) is 0 Å². The van der Waals surface area contributed by atoms with Crippen LogP contribution in [0, 0.1) is 13.8 Å². The van der Waals surface area contributed by atoms with E-state index in [-0.39, 0.29) is 10.7 Å². The second-order valence-electron chi connectivity index (χ2n) is 4.54. The van der Waals surface area contributed by atoms with Crippen molar-refractivity contribution in [2.24, 2.45) is 10.9 Å². The first-order valence-corrected chi connectivity index (χ1v) is 7.19. The zero-order chi connectivity index (χ0) is 14.8. The van der Waals surface area contributed by atoms with Gasteiger partial charge in [-0.05, 0) is 27.2 Å². The predicted molar refractivity (Wildman–Crippen MR) is 70.5 cm³/mol. The van der Waals surface area contributed by atoms with E-state index >= 15 is 0 Å². The highest BCUT2D eigenvalue weighted by atomic mass is 32.2. The second-order valence-corrected chi connectivity index (χ2v) is 6.16. The van der Waals surface area contributed by atoms with Gasteiger partial charge in [0, 0.05) is 0 Å². The van der Waals surface area contributed by atoms with E-state index in [1.54, 1.807) is 27.7 Å². The third-order valence-electron chi connectivity index (χ3n) is 3.07. The molecule has 1 heterocycles. The zero-order valence-corrected chi connectivity index (χ0v) is 12.2. The van der Waals surface area contributed by atoms with Gasteiger partial charge in [0.15, 0.2) is 5.84 Å². The molecule has 0 saturated heterocycles. The Balaban J connectivity index is 3.24. The van der Waals surface area contributed by atoms with Crippen LogP contribution >= 0.6 is 0 Å². The maximum Gasteiger partial charge on any atom is 0.245 e. The minimum absolute atomic E-state index is 0.0814. The van der Waals surface area contributed by atoms with Crippen LogP contribution in [0.2, 0.25) is 0 Å². The van der Waals surface area contributed by atoms with Crippen molar-refractivity contribution in [3.05, 3.63) is 11.4 Å². The molecule has 5 N–H and O–H groups in total. The first-order chi connectivity index (χ1) is 8.68. The van der Waals surface area contributed by atoms with E-state index in [2.05, 4.69) is 20.1 Å². The topological polar surface area (TPSA) is 133 Å². The number of aromatic amines is 1. The molecule has 1 aromatic rings. The summed E-state index contributed by atoms with van der Waals surface area (Å²) in [5.41, 5.74) is 5.18. The van der Waals surface area contributed by atoms with Gasteiger partial charge >= 0.3 is 0 Å². The van der Waals surface area contributed by atoms with Crippen molar-refractivity contribution >= 4 is 15.9 Å². The predicted octanol–water partition coefficient (Wildman–Crippen LogP) is 0.220. The van der Waals surface area contributed by atoms with Crippen LogP contribution in [0.1, 0.15) is 31.7 Å². The van der Waals surface area contributed by atoms with Crippen LogP contribution in [-0.2, 0) is 10.0 Å². The van der Waals surface area contributed by atoms with E-state index < -0.39 is 15.6 Å². The lowest BCUT2D eigenvalue weighted by Crippen LogP contribution is -2.54. The van der Waals surface area contributed by atoms with Gasteiger partial charge in [-0.15, -0.1) is 0 Å². The zero-order valence-electron chi connectivity index (χ0n) is 11.4. The summed E-state index contributed by atoms with van der Waals surface area (Å²) in [6, 6.07) is 0. The molecule has 8 nitrogen and oxygen atoms in total. The first-order valence-electron chi connectivity index (χ1n) is 5.71. The highest BCUT2D eigenvalue weighted by Crippen LogP contribution is 2.20. The summed E-state index contributed by atoms with van der Waals surface area (Å²) in [4.78, 5) is 0.0814. The molecule has 1 atom stereocenters. The number of nitrogens with one attached hydrogen (secondary N) is 2. The fourth-order valence-electron chi connectivity index (χ4n) is 1.70. The minimum atomic E-state index is -3.82. The summed E-state index contributed by atoms with van der Waals surface area (Å²) >= 11 is 0. The third-order valence-corrected chi connectivity index (χ3v) is 4.93. The largest absolute Gasteiger partial charge is 0.409 e. The summed E-state index contributed by atoms with van der Waals surface area (Å²) in [5.74, 6) is -0.197. The average Bonchev–Trinajstić information content (AvgIpc) is 2.67. The number of amidine groups is 1. The van der Waals surface area contributed by atoms with Crippen molar-refractivity contribution in [1.29, 1.82) is 0 Å². The van der Waals surface area contributed by atoms with Gasteiger partial charge in [0.25, 0.3) is 0 Å². The molecule has 0 bridgehead atoms. The Morgan fingerprint density at radius 1 is 1.58 bits per heavy atom. The molecule has 0 aliphatic rings. The van der Waals surface area contributed by atoms with Crippen molar-refractivity contribution in [3.8, 4) is 0 Å². The van der Waals surface area contributed by atoms with Crippen LogP contribution in [-0.4, -0.2) is 35.2 Å². The minimum Gasteiger partial charge on any atom is -0.409 e. The van der Waals surface area contributed by atoms with Gasteiger partial charge in [-0.3, -0.25) is 5.10 Å². The smallest absolute Gasteiger partial charge is 0.245 e. The van der Waals surface area contributed by atoms with Gasteiger partial charge in [-0.1, -0.05) is 12.1 Å². The molecule has 0 aliphatic carbocycles. The second kappa shape index (κ2) is 5.17. The molecule has 1 aromatic heterocycles. The van der Waals surface area contributed by atoms with Crippen molar-refractivity contribution < 1.29 is 13.6 Å². The lowest BCUT2D eigenvalue weighted by Gasteiger charge is -2.27. The Labute approximate surface area is 112 Å². The van der Waals surface area contributed by atoms with Crippen molar-refractivity contribution in [3.63, 3.8) is 0 Å². The highest BCUT2D eigenvalue weighted by Gasteiger charge is 2.35. The molecule has 1 rings (SSSR count). The number of sulfonamides is 1. The Kier molecular flexibility index (Phi) is 4.21. The van der Waals surface area contributed by atoms with Gasteiger partial charge in [-0.25, -0.2) is 8.42 Å². The van der Waals surface area contributed by atoms with Gasteiger partial charge in [0.05, 0.1) is 16.9 Å². The summed E-state index contributed by atoms with van der Waals surface area (Å²) in [7, 11) is -3.82. The third kappa shape index (κ3) is 2.87. The molecule has 0 saturated carbocycles. The molecule has 0 radical (unpaired) electrons. The molecule has 0 aliphatic heterocycles. The number of H-pyrrole nitrogens is 1. The molecule has 0 aromatic carbocycles. The maximum absolute atomic E-state index is 12.4. The van der Waals surface area contributed by atoms with Gasteiger partial charge in [-0.2, -0.15) is 9.82 Å².